The lowest BCUT2D eigenvalue weighted by Crippen LogP contribution is -2.34. The second-order valence-corrected chi connectivity index (χ2v) is 7.28. The maximum Gasteiger partial charge on any atom is 0.319 e. The molecule has 0 bridgehead atoms. The van der Waals surface area contributed by atoms with Gasteiger partial charge in [-0.15, -0.1) is 0 Å². The van der Waals surface area contributed by atoms with E-state index in [4.69, 9.17) is 9.47 Å². The summed E-state index contributed by atoms with van der Waals surface area (Å²) in [6, 6.07) is 13.8. The number of rotatable bonds is 7. The number of hydrogen-bond acceptors (Lipinski definition) is 4. The molecule has 3 rings (SSSR count). The van der Waals surface area contributed by atoms with Crippen molar-refractivity contribution in [3.05, 3.63) is 53.6 Å². The molecule has 1 aliphatic heterocycles. The summed E-state index contributed by atoms with van der Waals surface area (Å²) in [6.07, 6.45) is 1.10. The number of ether oxygens (including phenoxy) is 2. The third-order valence-electron chi connectivity index (χ3n) is 5.10. The summed E-state index contributed by atoms with van der Waals surface area (Å²) in [5.41, 5.74) is 3.24. The fourth-order valence-corrected chi connectivity index (χ4v) is 3.48. The first-order valence-electron chi connectivity index (χ1n) is 9.62. The van der Waals surface area contributed by atoms with E-state index in [1.165, 1.54) is 11.1 Å². The molecule has 6 heteroatoms. The van der Waals surface area contributed by atoms with Gasteiger partial charge in [0.25, 0.3) is 0 Å². The summed E-state index contributed by atoms with van der Waals surface area (Å²) in [7, 11) is 3.16. The highest BCUT2D eigenvalue weighted by Crippen LogP contribution is 2.29. The van der Waals surface area contributed by atoms with Crippen LogP contribution in [0.4, 0.5) is 10.5 Å². The molecule has 2 aromatic rings. The van der Waals surface area contributed by atoms with Crippen LogP contribution in [0.1, 0.15) is 17.5 Å². The van der Waals surface area contributed by atoms with Crippen LogP contribution in [0, 0.1) is 12.8 Å². The van der Waals surface area contributed by atoms with Crippen molar-refractivity contribution in [1.82, 2.24) is 10.2 Å². The molecule has 0 unspecified atom stereocenters. The van der Waals surface area contributed by atoms with E-state index >= 15 is 0 Å². The Kier molecular flexibility index (Phi) is 6.76. The Morgan fingerprint density at radius 1 is 1.14 bits per heavy atom. The Bertz CT molecular complexity index is 792. The van der Waals surface area contributed by atoms with Crippen molar-refractivity contribution in [3.8, 4) is 11.5 Å². The predicted octanol–water partition coefficient (Wildman–Crippen LogP) is 3.66. The highest BCUT2D eigenvalue weighted by molar-refractivity contribution is 5.91. The van der Waals surface area contributed by atoms with Crippen LogP contribution in [0.5, 0.6) is 11.5 Å². The molecule has 0 saturated carbocycles. The number of nitrogens with one attached hydrogen (secondary N) is 2. The van der Waals surface area contributed by atoms with E-state index in [1.54, 1.807) is 32.4 Å². The summed E-state index contributed by atoms with van der Waals surface area (Å²) in [5.74, 6) is 1.72. The number of urea groups is 1. The largest absolute Gasteiger partial charge is 0.497 e. The van der Waals surface area contributed by atoms with Crippen molar-refractivity contribution in [2.24, 2.45) is 5.92 Å². The number of carbonyl (C=O) groups is 1. The molecular formula is C22H29N3O3. The number of anilines is 1. The van der Waals surface area contributed by atoms with Gasteiger partial charge in [0.05, 0.1) is 19.9 Å². The van der Waals surface area contributed by atoms with Crippen molar-refractivity contribution >= 4 is 11.7 Å². The fourth-order valence-electron chi connectivity index (χ4n) is 3.48. The number of carbonyl (C=O) groups excluding carboxylic acids is 1. The van der Waals surface area contributed by atoms with Gasteiger partial charge < -0.3 is 20.1 Å². The van der Waals surface area contributed by atoms with Gasteiger partial charge in [0.15, 0.2) is 0 Å². The Labute approximate surface area is 166 Å². The number of aryl methyl sites for hydroxylation is 1. The normalized spacial score (nSPS) is 16.6. The monoisotopic (exact) mass is 383 g/mol. The molecule has 2 N–H and O–H groups in total. The number of nitrogens with zero attached hydrogens (tertiary/aromatic N) is 1. The molecule has 6 nitrogen and oxygen atoms in total. The molecule has 1 atom stereocenters. The first-order chi connectivity index (χ1) is 13.6. The minimum Gasteiger partial charge on any atom is -0.497 e. The average Bonchev–Trinajstić information content (AvgIpc) is 3.16. The van der Waals surface area contributed by atoms with Gasteiger partial charge in [0, 0.05) is 25.7 Å². The topological polar surface area (TPSA) is 62.8 Å². The van der Waals surface area contributed by atoms with Crippen molar-refractivity contribution in [2.45, 2.75) is 19.9 Å². The summed E-state index contributed by atoms with van der Waals surface area (Å²) in [5, 5.41) is 5.83. The summed E-state index contributed by atoms with van der Waals surface area (Å²) >= 11 is 0. The number of likely N-dealkylation sites (tertiary alicyclic amines) is 1. The van der Waals surface area contributed by atoms with Crippen LogP contribution < -0.4 is 20.1 Å². The fraction of sp³-hybridized carbons (Fsp3) is 0.409. The Morgan fingerprint density at radius 3 is 2.64 bits per heavy atom. The SMILES string of the molecule is COc1ccc(NC(=O)NC[C@@H]2CCN(Cc3ccc(C)cc3)C2)c(OC)c1. The van der Waals surface area contributed by atoms with Crippen LogP contribution in [0.15, 0.2) is 42.5 Å². The van der Waals surface area contributed by atoms with E-state index < -0.39 is 0 Å². The molecular weight excluding hydrogens is 354 g/mol. The van der Waals surface area contributed by atoms with Crippen LogP contribution in [0.3, 0.4) is 0 Å². The Balaban J connectivity index is 1.44. The van der Waals surface area contributed by atoms with E-state index in [0.717, 1.165) is 26.1 Å². The van der Waals surface area contributed by atoms with E-state index in [-0.39, 0.29) is 6.03 Å². The molecule has 150 valence electrons. The van der Waals surface area contributed by atoms with Gasteiger partial charge in [-0.05, 0) is 43.5 Å². The highest BCUT2D eigenvalue weighted by atomic mass is 16.5. The molecule has 0 spiro atoms. The van der Waals surface area contributed by atoms with Gasteiger partial charge in [-0.3, -0.25) is 4.90 Å². The van der Waals surface area contributed by atoms with E-state index in [2.05, 4.69) is 46.7 Å². The lowest BCUT2D eigenvalue weighted by atomic mass is 10.1. The second-order valence-electron chi connectivity index (χ2n) is 7.28. The van der Waals surface area contributed by atoms with Crippen molar-refractivity contribution < 1.29 is 14.3 Å². The number of benzene rings is 2. The standard InChI is InChI=1S/C22H29N3O3/c1-16-4-6-17(7-5-16)14-25-11-10-18(15-25)13-23-22(26)24-20-9-8-19(27-2)12-21(20)28-3/h4-9,12,18H,10-11,13-15H2,1-3H3,(H2,23,24,26)/t18-/m0/s1. The predicted molar refractivity (Wildman–Crippen MR) is 111 cm³/mol. The van der Waals surface area contributed by atoms with Gasteiger partial charge in [0.2, 0.25) is 0 Å². The molecule has 2 aromatic carbocycles. The van der Waals surface area contributed by atoms with E-state index in [0.29, 0.717) is 29.6 Å². The average molecular weight is 383 g/mol. The van der Waals surface area contributed by atoms with Gasteiger partial charge in [-0.25, -0.2) is 4.79 Å². The molecule has 0 aromatic heterocycles. The van der Waals surface area contributed by atoms with E-state index in [9.17, 15) is 4.79 Å². The molecule has 28 heavy (non-hydrogen) atoms. The minimum atomic E-state index is -0.222. The van der Waals surface area contributed by atoms with Crippen LogP contribution in [0.2, 0.25) is 0 Å². The van der Waals surface area contributed by atoms with Crippen LogP contribution in [-0.2, 0) is 6.54 Å². The van der Waals surface area contributed by atoms with Crippen LogP contribution in [0.25, 0.3) is 0 Å². The van der Waals surface area contributed by atoms with Crippen molar-refractivity contribution in [1.29, 1.82) is 0 Å². The minimum absolute atomic E-state index is 0.222. The number of amides is 2. The zero-order chi connectivity index (χ0) is 19.9. The van der Waals surface area contributed by atoms with E-state index in [1.807, 2.05) is 0 Å². The quantitative estimate of drug-likeness (QED) is 0.766. The van der Waals surface area contributed by atoms with Crippen LogP contribution >= 0.6 is 0 Å². The lowest BCUT2D eigenvalue weighted by molar-refractivity contribution is 0.249. The first-order valence-corrected chi connectivity index (χ1v) is 9.62. The van der Waals surface area contributed by atoms with Gasteiger partial charge in [-0.2, -0.15) is 0 Å². The maximum absolute atomic E-state index is 12.3. The smallest absolute Gasteiger partial charge is 0.319 e. The van der Waals surface area contributed by atoms with Gasteiger partial charge >= 0.3 is 6.03 Å². The summed E-state index contributed by atoms with van der Waals surface area (Å²) in [6.45, 7) is 5.79. The lowest BCUT2D eigenvalue weighted by Gasteiger charge is -2.17. The Hall–Kier alpha value is -2.73. The molecule has 0 radical (unpaired) electrons. The maximum atomic E-state index is 12.3. The molecule has 2 amide bonds. The number of methoxy groups -OCH3 is 2. The van der Waals surface area contributed by atoms with Crippen molar-refractivity contribution in [3.63, 3.8) is 0 Å². The molecule has 1 heterocycles. The zero-order valence-electron chi connectivity index (χ0n) is 16.8. The second kappa shape index (κ2) is 9.46. The van der Waals surface area contributed by atoms with Crippen LogP contribution in [-0.4, -0.2) is 44.8 Å². The van der Waals surface area contributed by atoms with Gasteiger partial charge in [-0.1, -0.05) is 29.8 Å². The third-order valence-corrected chi connectivity index (χ3v) is 5.10. The highest BCUT2D eigenvalue weighted by Gasteiger charge is 2.23. The molecule has 1 fully saturated rings. The molecule has 1 saturated heterocycles. The zero-order valence-corrected chi connectivity index (χ0v) is 16.8. The first kappa shape index (κ1) is 20.0. The molecule has 0 aliphatic carbocycles. The molecule has 1 aliphatic rings. The third kappa shape index (κ3) is 5.39. The summed E-state index contributed by atoms with van der Waals surface area (Å²) in [4.78, 5) is 14.7. The van der Waals surface area contributed by atoms with Gasteiger partial charge in [0.1, 0.15) is 11.5 Å². The summed E-state index contributed by atoms with van der Waals surface area (Å²) < 4.78 is 10.5. The van der Waals surface area contributed by atoms with Crippen molar-refractivity contribution in [2.75, 3.05) is 39.2 Å². The Morgan fingerprint density at radius 2 is 1.93 bits per heavy atom. The number of hydrogen-bond donors (Lipinski definition) is 2.